The van der Waals surface area contributed by atoms with E-state index in [1.807, 2.05) is 0 Å². The Bertz CT molecular complexity index is 407. The van der Waals surface area contributed by atoms with Crippen LogP contribution in [0.2, 0.25) is 0 Å². The normalized spacial score (nSPS) is 14.6. The molecule has 5 heteroatoms. The van der Waals surface area contributed by atoms with Gasteiger partial charge in [-0.2, -0.15) is 0 Å². The lowest BCUT2D eigenvalue weighted by Gasteiger charge is -2.07. The number of carbonyl (C=O) groups excluding carboxylic acids is 1. The van der Waals surface area contributed by atoms with Gasteiger partial charge in [-0.05, 0) is 52.9 Å². The van der Waals surface area contributed by atoms with Crippen molar-refractivity contribution in [1.82, 2.24) is 5.32 Å². The van der Waals surface area contributed by atoms with Gasteiger partial charge in [0.05, 0.1) is 4.47 Å². The fourth-order valence-electron chi connectivity index (χ4n) is 1.31. The van der Waals surface area contributed by atoms with Gasteiger partial charge in [0, 0.05) is 12.2 Å². The summed E-state index contributed by atoms with van der Waals surface area (Å²) in [5, 5.41) is 5.33. The summed E-state index contributed by atoms with van der Waals surface area (Å²) >= 11 is 3.05. The largest absolute Gasteiger partial charge is 0.338 e. The van der Waals surface area contributed by atoms with E-state index in [4.69, 9.17) is 0 Å². The van der Waals surface area contributed by atoms with Gasteiger partial charge in [0.15, 0.2) is 0 Å². The van der Waals surface area contributed by atoms with Crippen molar-refractivity contribution >= 4 is 27.6 Å². The van der Waals surface area contributed by atoms with Crippen molar-refractivity contribution in [2.24, 2.45) is 5.92 Å². The van der Waals surface area contributed by atoms with E-state index < -0.39 is 0 Å². The highest BCUT2D eigenvalue weighted by atomic mass is 79.9. The number of carbonyl (C=O) groups is 1. The van der Waals surface area contributed by atoms with E-state index >= 15 is 0 Å². The van der Waals surface area contributed by atoms with Crippen LogP contribution in [0.4, 0.5) is 14.9 Å². The molecular formula is C11H12BrFN2O. The highest BCUT2D eigenvalue weighted by Gasteiger charge is 2.21. The average molecular weight is 287 g/mol. The predicted molar refractivity (Wildman–Crippen MR) is 63.8 cm³/mol. The van der Waals surface area contributed by atoms with E-state index in [0.29, 0.717) is 22.6 Å². The van der Waals surface area contributed by atoms with E-state index in [1.54, 1.807) is 12.1 Å². The minimum absolute atomic E-state index is 0.284. The van der Waals surface area contributed by atoms with Crippen LogP contribution in [-0.2, 0) is 0 Å². The third kappa shape index (κ3) is 3.20. The summed E-state index contributed by atoms with van der Waals surface area (Å²) in [7, 11) is 0. The van der Waals surface area contributed by atoms with Crippen molar-refractivity contribution in [3.05, 3.63) is 28.5 Å². The number of hydrogen-bond acceptors (Lipinski definition) is 1. The summed E-state index contributed by atoms with van der Waals surface area (Å²) in [6, 6.07) is 4.20. The van der Waals surface area contributed by atoms with E-state index in [9.17, 15) is 9.18 Å². The van der Waals surface area contributed by atoms with Crippen molar-refractivity contribution in [3.63, 3.8) is 0 Å². The number of anilines is 1. The molecule has 1 saturated carbocycles. The van der Waals surface area contributed by atoms with Gasteiger partial charge in [-0.3, -0.25) is 0 Å². The lowest BCUT2D eigenvalue weighted by Crippen LogP contribution is -2.30. The van der Waals surface area contributed by atoms with Crippen LogP contribution in [0.1, 0.15) is 12.8 Å². The quantitative estimate of drug-likeness (QED) is 0.881. The minimum atomic E-state index is -0.389. The van der Waals surface area contributed by atoms with Crippen molar-refractivity contribution < 1.29 is 9.18 Å². The molecule has 1 aromatic carbocycles. The fraction of sp³-hybridized carbons (Fsp3) is 0.364. The van der Waals surface area contributed by atoms with Gasteiger partial charge >= 0.3 is 6.03 Å². The van der Waals surface area contributed by atoms with Gasteiger partial charge in [-0.25, -0.2) is 9.18 Å². The monoisotopic (exact) mass is 286 g/mol. The molecule has 1 aliphatic rings. The summed E-state index contributed by atoms with van der Waals surface area (Å²) in [5.74, 6) is 0.243. The Labute approximate surface area is 102 Å². The first-order valence-corrected chi connectivity index (χ1v) is 5.94. The Hall–Kier alpha value is -1.10. The van der Waals surface area contributed by atoms with Crippen LogP contribution in [0, 0.1) is 11.7 Å². The molecule has 1 fully saturated rings. The zero-order valence-electron chi connectivity index (χ0n) is 8.59. The first-order chi connectivity index (χ1) is 7.65. The maximum atomic E-state index is 13.1. The van der Waals surface area contributed by atoms with E-state index in [0.717, 1.165) is 0 Å². The zero-order chi connectivity index (χ0) is 11.5. The molecule has 0 spiro atoms. The molecule has 0 unspecified atom stereocenters. The molecule has 0 atom stereocenters. The number of hydrogen-bond donors (Lipinski definition) is 2. The van der Waals surface area contributed by atoms with Crippen LogP contribution in [0.15, 0.2) is 22.7 Å². The maximum absolute atomic E-state index is 13.1. The average Bonchev–Trinajstić information content (AvgIpc) is 3.04. The highest BCUT2D eigenvalue weighted by Crippen LogP contribution is 2.27. The Balaban J connectivity index is 1.86. The molecule has 0 bridgehead atoms. The molecule has 0 aliphatic heterocycles. The lowest BCUT2D eigenvalue weighted by molar-refractivity contribution is 0.251. The van der Waals surface area contributed by atoms with E-state index in [-0.39, 0.29) is 11.8 Å². The molecule has 86 valence electrons. The molecule has 0 saturated heterocycles. The van der Waals surface area contributed by atoms with Crippen molar-refractivity contribution in [2.75, 3.05) is 11.9 Å². The van der Waals surface area contributed by atoms with Crippen LogP contribution in [0.3, 0.4) is 0 Å². The molecule has 16 heavy (non-hydrogen) atoms. The van der Waals surface area contributed by atoms with Crippen LogP contribution in [0.25, 0.3) is 0 Å². The Morgan fingerprint density at radius 1 is 1.50 bits per heavy atom. The van der Waals surface area contributed by atoms with Crippen LogP contribution >= 0.6 is 15.9 Å². The SMILES string of the molecule is O=C(NCC1CC1)Nc1ccc(Br)c(F)c1. The Morgan fingerprint density at radius 3 is 2.88 bits per heavy atom. The topological polar surface area (TPSA) is 41.1 Å². The molecule has 0 aromatic heterocycles. The second-order valence-electron chi connectivity index (χ2n) is 3.91. The zero-order valence-corrected chi connectivity index (χ0v) is 10.2. The molecule has 2 rings (SSSR count). The predicted octanol–water partition coefficient (Wildman–Crippen LogP) is 3.12. The van der Waals surface area contributed by atoms with Gasteiger partial charge in [-0.15, -0.1) is 0 Å². The third-order valence-corrected chi connectivity index (χ3v) is 3.07. The Morgan fingerprint density at radius 2 is 2.25 bits per heavy atom. The van der Waals surface area contributed by atoms with Crippen LogP contribution < -0.4 is 10.6 Å². The first kappa shape index (κ1) is 11.4. The van der Waals surface area contributed by atoms with Crippen molar-refractivity contribution in [3.8, 4) is 0 Å². The van der Waals surface area contributed by atoms with Gasteiger partial charge in [-0.1, -0.05) is 0 Å². The van der Waals surface area contributed by atoms with Crippen LogP contribution in [0.5, 0.6) is 0 Å². The molecule has 2 N–H and O–H groups in total. The smallest absolute Gasteiger partial charge is 0.319 e. The molecule has 1 aliphatic carbocycles. The van der Waals surface area contributed by atoms with Crippen molar-refractivity contribution in [2.45, 2.75) is 12.8 Å². The van der Waals surface area contributed by atoms with Gasteiger partial charge in [0.25, 0.3) is 0 Å². The Kier molecular flexibility index (Phi) is 3.43. The van der Waals surface area contributed by atoms with E-state index in [2.05, 4.69) is 26.6 Å². The molecule has 0 heterocycles. The molecule has 3 nitrogen and oxygen atoms in total. The van der Waals surface area contributed by atoms with Gasteiger partial charge < -0.3 is 10.6 Å². The third-order valence-electron chi connectivity index (χ3n) is 2.43. The number of rotatable bonds is 3. The second-order valence-corrected chi connectivity index (χ2v) is 4.76. The standard InChI is InChI=1S/C11H12BrFN2O/c12-9-4-3-8(5-10(9)13)15-11(16)14-6-7-1-2-7/h3-5,7H,1-2,6H2,(H2,14,15,16). The van der Waals surface area contributed by atoms with Crippen molar-refractivity contribution in [1.29, 1.82) is 0 Å². The number of amides is 2. The lowest BCUT2D eigenvalue weighted by atomic mass is 10.3. The van der Waals surface area contributed by atoms with Gasteiger partial charge in [0.1, 0.15) is 5.82 Å². The number of halogens is 2. The first-order valence-electron chi connectivity index (χ1n) is 5.15. The van der Waals surface area contributed by atoms with E-state index in [1.165, 1.54) is 18.9 Å². The van der Waals surface area contributed by atoms with Gasteiger partial charge in [0.2, 0.25) is 0 Å². The summed E-state index contributed by atoms with van der Waals surface area (Å²) in [5.41, 5.74) is 0.453. The maximum Gasteiger partial charge on any atom is 0.319 e. The number of urea groups is 1. The summed E-state index contributed by atoms with van der Waals surface area (Å²) in [4.78, 5) is 11.4. The summed E-state index contributed by atoms with van der Waals surface area (Å²) < 4.78 is 13.5. The summed E-state index contributed by atoms with van der Waals surface area (Å²) in [6.45, 7) is 0.699. The summed E-state index contributed by atoms with van der Waals surface area (Å²) in [6.07, 6.45) is 2.38. The number of benzene rings is 1. The second kappa shape index (κ2) is 4.82. The molecule has 0 radical (unpaired) electrons. The highest BCUT2D eigenvalue weighted by molar-refractivity contribution is 9.10. The number of nitrogens with one attached hydrogen (secondary N) is 2. The molecule has 1 aromatic rings. The molecule has 2 amide bonds. The fourth-order valence-corrected chi connectivity index (χ4v) is 1.55. The minimum Gasteiger partial charge on any atom is -0.338 e. The molecular weight excluding hydrogens is 275 g/mol. The van der Waals surface area contributed by atoms with Crippen LogP contribution in [-0.4, -0.2) is 12.6 Å².